The lowest BCUT2D eigenvalue weighted by molar-refractivity contribution is 0.566. The van der Waals surface area contributed by atoms with Gasteiger partial charge in [0.15, 0.2) is 0 Å². The van der Waals surface area contributed by atoms with Crippen LogP contribution in [-0.4, -0.2) is 26.8 Å². The Balaban J connectivity index is 2.10. The molecule has 0 aliphatic heterocycles. The maximum absolute atomic E-state index is 11.6. The lowest BCUT2D eigenvalue weighted by Gasteiger charge is -2.10. The molecule has 0 radical (unpaired) electrons. The van der Waals surface area contributed by atoms with Crippen LogP contribution in [0.15, 0.2) is 24.3 Å². The SMILES string of the molecule is CCCc1ccc(NCCCCCNS(=O)(=O)C(C)C)cc1. The van der Waals surface area contributed by atoms with Gasteiger partial charge in [-0.05, 0) is 50.8 Å². The fraction of sp³-hybridized carbons (Fsp3) is 0.647. The van der Waals surface area contributed by atoms with E-state index in [9.17, 15) is 8.42 Å². The molecule has 0 saturated heterocycles. The summed E-state index contributed by atoms with van der Waals surface area (Å²) in [6.45, 7) is 7.03. The summed E-state index contributed by atoms with van der Waals surface area (Å²) in [6, 6.07) is 8.60. The fourth-order valence-electron chi connectivity index (χ4n) is 2.12. The van der Waals surface area contributed by atoms with Crippen LogP contribution in [0.3, 0.4) is 0 Å². The largest absolute Gasteiger partial charge is 0.385 e. The van der Waals surface area contributed by atoms with Crippen LogP contribution < -0.4 is 10.0 Å². The second-order valence-corrected chi connectivity index (χ2v) is 8.24. The summed E-state index contributed by atoms with van der Waals surface area (Å²) in [5, 5.41) is 3.04. The van der Waals surface area contributed by atoms with E-state index in [2.05, 4.69) is 41.2 Å². The van der Waals surface area contributed by atoms with E-state index in [0.717, 1.165) is 37.9 Å². The van der Waals surface area contributed by atoms with Crippen LogP contribution in [0.2, 0.25) is 0 Å². The molecule has 0 aliphatic carbocycles. The number of aryl methyl sites for hydroxylation is 1. The van der Waals surface area contributed by atoms with E-state index >= 15 is 0 Å². The fourth-order valence-corrected chi connectivity index (χ4v) is 2.88. The first-order valence-electron chi connectivity index (χ1n) is 8.27. The van der Waals surface area contributed by atoms with Gasteiger partial charge in [0.2, 0.25) is 10.0 Å². The highest BCUT2D eigenvalue weighted by molar-refractivity contribution is 7.90. The maximum Gasteiger partial charge on any atom is 0.213 e. The summed E-state index contributed by atoms with van der Waals surface area (Å²) < 4.78 is 25.7. The molecule has 1 aromatic rings. The standard InChI is InChI=1S/C17H30N2O2S/c1-4-8-16-9-11-17(12-10-16)18-13-6-5-7-14-19-22(20,21)15(2)3/h9-12,15,18-19H,4-8,13-14H2,1-3H3. The lowest BCUT2D eigenvalue weighted by atomic mass is 10.1. The Hall–Kier alpha value is -1.07. The molecule has 0 bridgehead atoms. The molecule has 0 atom stereocenters. The van der Waals surface area contributed by atoms with E-state index in [-0.39, 0.29) is 5.25 Å². The van der Waals surface area contributed by atoms with Crippen LogP contribution in [0.1, 0.15) is 52.0 Å². The molecular weight excluding hydrogens is 296 g/mol. The van der Waals surface area contributed by atoms with Gasteiger partial charge >= 0.3 is 0 Å². The van der Waals surface area contributed by atoms with Crippen molar-refractivity contribution in [3.8, 4) is 0 Å². The van der Waals surface area contributed by atoms with Crippen molar-refractivity contribution < 1.29 is 8.42 Å². The number of benzene rings is 1. The lowest BCUT2D eigenvalue weighted by Crippen LogP contribution is -2.31. The van der Waals surface area contributed by atoms with Crippen LogP contribution >= 0.6 is 0 Å². The van der Waals surface area contributed by atoms with Crippen molar-refractivity contribution in [2.24, 2.45) is 0 Å². The molecule has 1 aromatic carbocycles. The van der Waals surface area contributed by atoms with Gasteiger partial charge in [0.1, 0.15) is 0 Å². The Bertz CT molecular complexity index is 510. The third kappa shape index (κ3) is 7.27. The Morgan fingerprint density at radius 1 is 1.00 bits per heavy atom. The minimum atomic E-state index is -3.11. The highest BCUT2D eigenvalue weighted by atomic mass is 32.2. The van der Waals surface area contributed by atoms with Crippen molar-refractivity contribution in [3.05, 3.63) is 29.8 Å². The molecule has 1 rings (SSSR count). The van der Waals surface area contributed by atoms with E-state index < -0.39 is 10.0 Å². The van der Waals surface area contributed by atoms with E-state index in [1.807, 2.05) is 0 Å². The van der Waals surface area contributed by atoms with Gasteiger partial charge in [0, 0.05) is 18.8 Å². The van der Waals surface area contributed by atoms with Crippen molar-refractivity contribution in [2.45, 2.75) is 58.1 Å². The summed E-state index contributed by atoms with van der Waals surface area (Å²) in [6.07, 6.45) is 5.24. The number of rotatable bonds is 11. The zero-order valence-corrected chi connectivity index (χ0v) is 14.9. The minimum absolute atomic E-state index is 0.357. The number of hydrogen-bond acceptors (Lipinski definition) is 3. The van der Waals surface area contributed by atoms with Crippen molar-refractivity contribution >= 4 is 15.7 Å². The predicted octanol–water partition coefficient (Wildman–Crippen LogP) is 3.55. The Morgan fingerprint density at radius 2 is 1.64 bits per heavy atom. The van der Waals surface area contributed by atoms with Crippen LogP contribution in [0.25, 0.3) is 0 Å². The van der Waals surface area contributed by atoms with Gasteiger partial charge in [-0.3, -0.25) is 0 Å². The molecule has 4 nitrogen and oxygen atoms in total. The summed E-state index contributed by atoms with van der Waals surface area (Å²) in [5.41, 5.74) is 2.53. The van der Waals surface area contributed by atoms with Crippen LogP contribution in [-0.2, 0) is 16.4 Å². The molecule has 0 aliphatic rings. The Kier molecular flexibility index (Phi) is 8.49. The second kappa shape index (κ2) is 9.85. The number of nitrogens with one attached hydrogen (secondary N) is 2. The zero-order valence-electron chi connectivity index (χ0n) is 14.1. The van der Waals surface area contributed by atoms with Crippen LogP contribution in [0.5, 0.6) is 0 Å². The van der Waals surface area contributed by atoms with Crippen LogP contribution in [0.4, 0.5) is 5.69 Å². The second-order valence-electron chi connectivity index (χ2n) is 5.92. The van der Waals surface area contributed by atoms with Crippen molar-refractivity contribution in [1.29, 1.82) is 0 Å². The van der Waals surface area contributed by atoms with Gasteiger partial charge < -0.3 is 5.32 Å². The highest BCUT2D eigenvalue weighted by Crippen LogP contribution is 2.11. The molecule has 22 heavy (non-hydrogen) atoms. The Labute approximate surface area is 135 Å². The normalized spacial score (nSPS) is 11.8. The van der Waals surface area contributed by atoms with E-state index in [1.165, 1.54) is 12.0 Å². The molecule has 0 spiro atoms. The molecule has 2 N–H and O–H groups in total. The third-order valence-electron chi connectivity index (χ3n) is 3.60. The number of sulfonamides is 1. The average Bonchev–Trinajstić information content (AvgIpc) is 2.48. The van der Waals surface area contributed by atoms with E-state index in [0.29, 0.717) is 6.54 Å². The van der Waals surface area contributed by atoms with Gasteiger partial charge in [-0.25, -0.2) is 13.1 Å². The van der Waals surface area contributed by atoms with Crippen molar-refractivity contribution in [1.82, 2.24) is 4.72 Å². The monoisotopic (exact) mass is 326 g/mol. The smallest absolute Gasteiger partial charge is 0.213 e. The molecule has 126 valence electrons. The molecule has 0 heterocycles. The topological polar surface area (TPSA) is 58.2 Å². The first kappa shape index (κ1) is 19.0. The van der Waals surface area contributed by atoms with E-state index in [1.54, 1.807) is 13.8 Å². The Morgan fingerprint density at radius 3 is 2.23 bits per heavy atom. The number of hydrogen-bond donors (Lipinski definition) is 2. The first-order valence-corrected chi connectivity index (χ1v) is 9.81. The maximum atomic E-state index is 11.6. The minimum Gasteiger partial charge on any atom is -0.385 e. The van der Waals surface area contributed by atoms with Gasteiger partial charge in [0.05, 0.1) is 5.25 Å². The molecule has 5 heteroatoms. The third-order valence-corrected chi connectivity index (χ3v) is 5.45. The molecule has 0 fully saturated rings. The quantitative estimate of drug-likeness (QED) is 0.611. The average molecular weight is 327 g/mol. The summed E-state index contributed by atoms with van der Waals surface area (Å²) >= 11 is 0. The zero-order chi connectivity index (χ0) is 16.4. The highest BCUT2D eigenvalue weighted by Gasteiger charge is 2.13. The summed E-state index contributed by atoms with van der Waals surface area (Å²) in [4.78, 5) is 0. The van der Waals surface area contributed by atoms with Crippen molar-refractivity contribution in [3.63, 3.8) is 0 Å². The predicted molar refractivity (Wildman–Crippen MR) is 94.8 cm³/mol. The molecule has 0 unspecified atom stereocenters. The number of unbranched alkanes of at least 4 members (excludes halogenated alkanes) is 2. The van der Waals surface area contributed by atoms with E-state index in [4.69, 9.17) is 0 Å². The molecular formula is C17H30N2O2S. The summed E-state index contributed by atoms with van der Waals surface area (Å²) in [7, 11) is -3.11. The molecule has 0 aromatic heterocycles. The first-order chi connectivity index (χ1) is 10.5. The van der Waals surface area contributed by atoms with Gasteiger partial charge in [-0.15, -0.1) is 0 Å². The summed E-state index contributed by atoms with van der Waals surface area (Å²) in [5.74, 6) is 0. The van der Waals surface area contributed by atoms with Gasteiger partial charge in [0.25, 0.3) is 0 Å². The molecule has 0 amide bonds. The van der Waals surface area contributed by atoms with Crippen molar-refractivity contribution in [2.75, 3.05) is 18.4 Å². The van der Waals surface area contributed by atoms with Gasteiger partial charge in [-0.2, -0.15) is 0 Å². The number of anilines is 1. The van der Waals surface area contributed by atoms with Gasteiger partial charge in [-0.1, -0.05) is 31.9 Å². The van der Waals surface area contributed by atoms with Crippen LogP contribution in [0, 0.1) is 0 Å². The molecule has 0 saturated carbocycles.